The molecular formula is C19H32N4O3S. The first-order valence-electron chi connectivity index (χ1n) is 10.3. The van der Waals surface area contributed by atoms with Crippen molar-refractivity contribution in [2.24, 2.45) is 5.92 Å². The van der Waals surface area contributed by atoms with E-state index in [-0.39, 0.29) is 22.9 Å². The molecule has 2 aliphatic rings. The minimum absolute atomic E-state index is 0.0879. The van der Waals surface area contributed by atoms with Gasteiger partial charge in [-0.1, -0.05) is 32.1 Å². The molecule has 27 heavy (non-hydrogen) atoms. The molecule has 0 aromatic carbocycles. The van der Waals surface area contributed by atoms with Gasteiger partial charge in [-0.25, -0.2) is 13.4 Å². The number of nitrogens with one attached hydrogen (secondary N) is 1. The summed E-state index contributed by atoms with van der Waals surface area (Å²) in [5, 5.41) is 3.33. The SMILES string of the molecule is CCn1cnc(S(=O)(=O)N2CCC(C(=O)NC3CCCCCCC3)CC2)c1. The Labute approximate surface area is 162 Å². The first-order valence-corrected chi connectivity index (χ1v) is 11.8. The van der Waals surface area contributed by atoms with Crippen molar-refractivity contribution in [1.82, 2.24) is 19.2 Å². The number of rotatable bonds is 5. The van der Waals surface area contributed by atoms with E-state index in [1.54, 1.807) is 17.1 Å². The average molecular weight is 397 g/mol. The van der Waals surface area contributed by atoms with Crippen molar-refractivity contribution in [3.8, 4) is 0 Å². The molecule has 2 heterocycles. The predicted octanol–water partition coefficient (Wildman–Crippen LogP) is 2.53. The van der Waals surface area contributed by atoms with Crippen LogP contribution < -0.4 is 5.32 Å². The molecule has 0 atom stereocenters. The summed E-state index contributed by atoms with van der Waals surface area (Å²) in [6.45, 7) is 3.39. The van der Waals surface area contributed by atoms with Crippen LogP contribution in [0.4, 0.5) is 0 Å². The number of piperidine rings is 1. The highest BCUT2D eigenvalue weighted by molar-refractivity contribution is 7.89. The Kier molecular flexibility index (Phi) is 6.92. The van der Waals surface area contributed by atoms with Gasteiger partial charge in [-0.2, -0.15) is 4.31 Å². The van der Waals surface area contributed by atoms with Crippen LogP contribution in [0.1, 0.15) is 64.7 Å². The minimum Gasteiger partial charge on any atom is -0.353 e. The van der Waals surface area contributed by atoms with Crippen molar-refractivity contribution in [2.75, 3.05) is 13.1 Å². The minimum atomic E-state index is -3.57. The molecule has 0 spiro atoms. The van der Waals surface area contributed by atoms with Crippen molar-refractivity contribution in [3.05, 3.63) is 12.5 Å². The lowest BCUT2D eigenvalue weighted by Crippen LogP contribution is -2.45. The molecule has 3 rings (SSSR count). The zero-order valence-electron chi connectivity index (χ0n) is 16.3. The predicted molar refractivity (Wildman–Crippen MR) is 104 cm³/mol. The molecule has 1 aliphatic carbocycles. The van der Waals surface area contributed by atoms with Crippen LogP contribution in [0, 0.1) is 5.92 Å². The molecule has 152 valence electrons. The molecule has 1 aromatic heterocycles. The van der Waals surface area contributed by atoms with Gasteiger partial charge in [0, 0.05) is 37.8 Å². The number of sulfonamides is 1. The number of hydrogen-bond acceptors (Lipinski definition) is 4. The van der Waals surface area contributed by atoms with Gasteiger partial charge in [0.15, 0.2) is 5.03 Å². The van der Waals surface area contributed by atoms with Gasteiger partial charge in [-0.3, -0.25) is 4.79 Å². The Morgan fingerprint density at radius 1 is 1.11 bits per heavy atom. The van der Waals surface area contributed by atoms with Gasteiger partial charge in [-0.15, -0.1) is 0 Å². The van der Waals surface area contributed by atoms with E-state index in [0.29, 0.717) is 32.5 Å². The van der Waals surface area contributed by atoms with E-state index in [0.717, 1.165) is 12.8 Å². The summed E-state index contributed by atoms with van der Waals surface area (Å²) in [6.07, 6.45) is 12.6. The maximum absolute atomic E-state index is 12.7. The molecular weight excluding hydrogens is 364 g/mol. The molecule has 1 amide bonds. The molecule has 2 fully saturated rings. The fourth-order valence-electron chi connectivity index (χ4n) is 4.06. The third-order valence-corrected chi connectivity index (χ3v) is 7.64. The molecule has 1 aromatic rings. The number of nitrogens with zero attached hydrogens (tertiary/aromatic N) is 3. The van der Waals surface area contributed by atoms with E-state index >= 15 is 0 Å². The second-order valence-electron chi connectivity index (χ2n) is 7.77. The number of hydrogen-bond donors (Lipinski definition) is 1. The number of aromatic nitrogens is 2. The third kappa shape index (κ3) is 5.10. The van der Waals surface area contributed by atoms with Gasteiger partial charge in [0.05, 0.1) is 6.33 Å². The summed E-state index contributed by atoms with van der Waals surface area (Å²) in [5.41, 5.74) is 0. The molecule has 1 saturated heterocycles. The van der Waals surface area contributed by atoms with Crippen LogP contribution in [0.5, 0.6) is 0 Å². The maximum Gasteiger partial charge on any atom is 0.262 e. The molecule has 1 saturated carbocycles. The van der Waals surface area contributed by atoms with E-state index in [2.05, 4.69) is 10.3 Å². The highest BCUT2D eigenvalue weighted by Gasteiger charge is 2.33. The Bertz CT molecular complexity index is 715. The Hall–Kier alpha value is -1.41. The quantitative estimate of drug-likeness (QED) is 0.829. The summed E-state index contributed by atoms with van der Waals surface area (Å²) in [4.78, 5) is 16.7. The second-order valence-corrected chi connectivity index (χ2v) is 9.66. The maximum atomic E-state index is 12.7. The number of aryl methyl sites for hydroxylation is 1. The lowest BCUT2D eigenvalue weighted by Gasteiger charge is -2.31. The number of amides is 1. The van der Waals surface area contributed by atoms with E-state index < -0.39 is 10.0 Å². The third-order valence-electron chi connectivity index (χ3n) is 5.86. The summed E-state index contributed by atoms with van der Waals surface area (Å²) < 4.78 is 28.7. The van der Waals surface area contributed by atoms with Crippen molar-refractivity contribution in [2.45, 2.75) is 82.3 Å². The van der Waals surface area contributed by atoms with Crippen molar-refractivity contribution in [3.63, 3.8) is 0 Å². The monoisotopic (exact) mass is 396 g/mol. The lowest BCUT2D eigenvalue weighted by molar-refractivity contribution is -0.127. The van der Waals surface area contributed by atoms with Crippen LogP contribution in [0.2, 0.25) is 0 Å². The van der Waals surface area contributed by atoms with Crippen molar-refractivity contribution >= 4 is 15.9 Å². The largest absolute Gasteiger partial charge is 0.353 e. The van der Waals surface area contributed by atoms with Crippen LogP contribution >= 0.6 is 0 Å². The zero-order valence-corrected chi connectivity index (χ0v) is 17.1. The zero-order chi connectivity index (χ0) is 19.3. The van der Waals surface area contributed by atoms with E-state index in [9.17, 15) is 13.2 Å². The summed E-state index contributed by atoms with van der Waals surface area (Å²) in [6, 6.07) is 0.289. The normalized spacial score (nSPS) is 21.5. The topological polar surface area (TPSA) is 84.3 Å². The van der Waals surface area contributed by atoms with E-state index in [4.69, 9.17) is 0 Å². The van der Waals surface area contributed by atoms with Gasteiger partial charge in [0.1, 0.15) is 0 Å². The average Bonchev–Trinajstić information content (AvgIpc) is 3.14. The number of carbonyl (C=O) groups is 1. The molecule has 1 N–H and O–H groups in total. The van der Waals surface area contributed by atoms with Crippen molar-refractivity contribution < 1.29 is 13.2 Å². The molecule has 7 nitrogen and oxygen atoms in total. The fourth-order valence-corrected chi connectivity index (χ4v) is 5.46. The van der Waals surface area contributed by atoms with Crippen LogP contribution in [-0.2, 0) is 21.4 Å². The van der Waals surface area contributed by atoms with E-state index in [1.807, 2.05) is 6.92 Å². The highest BCUT2D eigenvalue weighted by atomic mass is 32.2. The molecule has 0 radical (unpaired) electrons. The first-order chi connectivity index (χ1) is 13.0. The van der Waals surface area contributed by atoms with Gasteiger partial charge in [-0.05, 0) is 32.6 Å². The van der Waals surface area contributed by atoms with Crippen LogP contribution in [0.25, 0.3) is 0 Å². The molecule has 0 bridgehead atoms. The van der Waals surface area contributed by atoms with Crippen LogP contribution in [0.15, 0.2) is 17.6 Å². The van der Waals surface area contributed by atoms with Crippen LogP contribution in [0.3, 0.4) is 0 Å². The molecule has 0 unspecified atom stereocenters. The molecule has 8 heteroatoms. The number of imidazole rings is 1. The standard InChI is InChI=1S/C19H32N4O3S/c1-2-22-14-18(20-15-22)27(25,26)23-12-10-16(11-13-23)19(24)21-17-8-6-4-3-5-7-9-17/h14-17H,2-13H2,1H3,(H,21,24). The Balaban J connectivity index is 1.52. The van der Waals surface area contributed by atoms with E-state index in [1.165, 1.54) is 36.4 Å². The smallest absolute Gasteiger partial charge is 0.262 e. The molecule has 1 aliphatic heterocycles. The fraction of sp³-hybridized carbons (Fsp3) is 0.789. The highest BCUT2D eigenvalue weighted by Crippen LogP contribution is 2.24. The second kappa shape index (κ2) is 9.19. The first kappa shape index (κ1) is 20.3. The van der Waals surface area contributed by atoms with Gasteiger partial charge >= 0.3 is 0 Å². The summed E-state index contributed by atoms with van der Waals surface area (Å²) >= 11 is 0. The van der Waals surface area contributed by atoms with Gasteiger partial charge < -0.3 is 9.88 Å². The summed E-state index contributed by atoms with van der Waals surface area (Å²) in [7, 11) is -3.57. The van der Waals surface area contributed by atoms with Gasteiger partial charge in [0.25, 0.3) is 10.0 Å². The van der Waals surface area contributed by atoms with Crippen LogP contribution in [-0.4, -0.2) is 47.3 Å². The Morgan fingerprint density at radius 3 is 2.33 bits per heavy atom. The van der Waals surface area contributed by atoms with Crippen molar-refractivity contribution in [1.29, 1.82) is 0 Å². The Morgan fingerprint density at radius 2 is 1.74 bits per heavy atom. The lowest BCUT2D eigenvalue weighted by atomic mass is 9.94. The summed E-state index contributed by atoms with van der Waals surface area (Å²) in [5.74, 6) is 0.0166. The van der Waals surface area contributed by atoms with Gasteiger partial charge in [0.2, 0.25) is 5.91 Å². The number of carbonyl (C=O) groups excluding carboxylic acids is 1.